The van der Waals surface area contributed by atoms with E-state index in [0.29, 0.717) is 22.9 Å². The summed E-state index contributed by atoms with van der Waals surface area (Å²) < 4.78 is 4.99. The van der Waals surface area contributed by atoms with E-state index in [0.717, 1.165) is 5.56 Å². The average molecular weight is 219 g/mol. The third kappa shape index (κ3) is 3.77. The van der Waals surface area contributed by atoms with E-state index < -0.39 is 0 Å². The second kappa shape index (κ2) is 5.22. The molecule has 0 aliphatic carbocycles. The molecule has 0 unspecified atom stereocenters. The number of halogens is 2. The normalized spacial score (nSPS) is 10.0. The standard InChI is InChI=1S/C9H8Cl2O2/c10-8-3-7(4-9(11)5-8)6-13-2-1-12/h1,3-5H,2,6H2. The molecule has 4 heteroatoms. The monoisotopic (exact) mass is 218 g/mol. The molecule has 0 saturated carbocycles. The summed E-state index contributed by atoms with van der Waals surface area (Å²) in [7, 11) is 0. The van der Waals surface area contributed by atoms with Crippen LogP contribution in [0.5, 0.6) is 0 Å². The van der Waals surface area contributed by atoms with Gasteiger partial charge in [0.2, 0.25) is 0 Å². The maximum Gasteiger partial charge on any atom is 0.145 e. The van der Waals surface area contributed by atoms with Gasteiger partial charge in [-0.15, -0.1) is 0 Å². The van der Waals surface area contributed by atoms with Gasteiger partial charge >= 0.3 is 0 Å². The molecule has 70 valence electrons. The number of carbonyl (C=O) groups excluding carboxylic acids is 1. The highest BCUT2D eigenvalue weighted by Gasteiger charge is 1.97. The van der Waals surface area contributed by atoms with Crippen molar-refractivity contribution < 1.29 is 9.53 Å². The highest BCUT2D eigenvalue weighted by Crippen LogP contribution is 2.19. The second-order valence-electron chi connectivity index (χ2n) is 2.46. The van der Waals surface area contributed by atoms with Crippen LogP contribution in [0.4, 0.5) is 0 Å². The molecule has 0 aliphatic rings. The molecule has 0 heterocycles. The Morgan fingerprint density at radius 2 is 1.85 bits per heavy atom. The first-order valence-electron chi connectivity index (χ1n) is 3.68. The molecule has 0 fully saturated rings. The van der Waals surface area contributed by atoms with Crippen molar-refractivity contribution in [2.45, 2.75) is 6.61 Å². The van der Waals surface area contributed by atoms with Gasteiger partial charge in [-0.05, 0) is 23.8 Å². The molecule has 1 rings (SSSR count). The molecular weight excluding hydrogens is 211 g/mol. The summed E-state index contributed by atoms with van der Waals surface area (Å²) in [5.74, 6) is 0. The lowest BCUT2D eigenvalue weighted by atomic mass is 10.2. The van der Waals surface area contributed by atoms with E-state index in [4.69, 9.17) is 27.9 Å². The zero-order chi connectivity index (χ0) is 9.68. The van der Waals surface area contributed by atoms with Gasteiger partial charge < -0.3 is 9.53 Å². The Balaban J connectivity index is 2.60. The summed E-state index contributed by atoms with van der Waals surface area (Å²) in [4.78, 5) is 9.95. The van der Waals surface area contributed by atoms with Crippen LogP contribution in [-0.2, 0) is 16.1 Å². The Morgan fingerprint density at radius 1 is 1.23 bits per heavy atom. The van der Waals surface area contributed by atoms with Crippen molar-refractivity contribution in [3.63, 3.8) is 0 Å². The van der Waals surface area contributed by atoms with Gasteiger partial charge in [0.25, 0.3) is 0 Å². The largest absolute Gasteiger partial charge is 0.369 e. The molecule has 0 radical (unpaired) electrons. The van der Waals surface area contributed by atoms with Crippen LogP contribution < -0.4 is 0 Å². The fourth-order valence-electron chi connectivity index (χ4n) is 0.919. The van der Waals surface area contributed by atoms with Gasteiger partial charge in [-0.3, -0.25) is 0 Å². The van der Waals surface area contributed by atoms with Crippen molar-refractivity contribution in [3.05, 3.63) is 33.8 Å². The first-order chi connectivity index (χ1) is 6.22. The molecule has 0 N–H and O–H groups in total. The summed E-state index contributed by atoms with van der Waals surface area (Å²) in [6, 6.07) is 5.14. The summed E-state index contributed by atoms with van der Waals surface area (Å²) in [6.07, 6.45) is 0.701. The van der Waals surface area contributed by atoms with Crippen LogP contribution in [-0.4, -0.2) is 12.9 Å². The van der Waals surface area contributed by atoms with Gasteiger partial charge in [-0.2, -0.15) is 0 Å². The van der Waals surface area contributed by atoms with Crippen molar-refractivity contribution in [3.8, 4) is 0 Å². The molecule has 0 saturated heterocycles. The van der Waals surface area contributed by atoms with E-state index >= 15 is 0 Å². The molecule has 2 nitrogen and oxygen atoms in total. The van der Waals surface area contributed by atoms with Gasteiger partial charge in [-0.25, -0.2) is 0 Å². The zero-order valence-corrected chi connectivity index (χ0v) is 8.31. The Bertz CT molecular complexity index is 279. The fraction of sp³-hybridized carbons (Fsp3) is 0.222. The van der Waals surface area contributed by atoms with Crippen molar-refractivity contribution in [2.75, 3.05) is 6.61 Å². The molecule has 1 aromatic carbocycles. The quantitative estimate of drug-likeness (QED) is 0.574. The number of hydrogen-bond donors (Lipinski definition) is 0. The lowest BCUT2D eigenvalue weighted by molar-refractivity contribution is -0.112. The number of ether oxygens (including phenoxy) is 1. The van der Waals surface area contributed by atoms with Crippen LogP contribution in [0.3, 0.4) is 0 Å². The average Bonchev–Trinajstić information content (AvgIpc) is 2.03. The van der Waals surface area contributed by atoms with E-state index in [2.05, 4.69) is 0 Å². The van der Waals surface area contributed by atoms with Crippen LogP contribution in [0.1, 0.15) is 5.56 Å². The van der Waals surface area contributed by atoms with Gasteiger partial charge in [0.15, 0.2) is 0 Å². The van der Waals surface area contributed by atoms with Crippen LogP contribution >= 0.6 is 23.2 Å². The van der Waals surface area contributed by atoms with Crippen LogP contribution in [0.15, 0.2) is 18.2 Å². The third-order valence-electron chi connectivity index (χ3n) is 1.38. The predicted octanol–water partition coefficient (Wildman–Crippen LogP) is 2.71. The number of hydrogen-bond acceptors (Lipinski definition) is 2. The van der Waals surface area contributed by atoms with Crippen molar-refractivity contribution in [1.82, 2.24) is 0 Å². The van der Waals surface area contributed by atoms with Gasteiger partial charge in [0.05, 0.1) is 6.61 Å². The number of rotatable bonds is 4. The summed E-state index contributed by atoms with van der Waals surface area (Å²) in [5, 5.41) is 1.13. The van der Waals surface area contributed by atoms with E-state index in [9.17, 15) is 4.79 Å². The van der Waals surface area contributed by atoms with Crippen LogP contribution in [0, 0.1) is 0 Å². The van der Waals surface area contributed by atoms with E-state index in [1.807, 2.05) is 0 Å². The summed E-state index contributed by atoms with van der Waals surface area (Å²) in [6.45, 7) is 0.434. The maximum absolute atomic E-state index is 9.95. The van der Waals surface area contributed by atoms with Crippen LogP contribution in [0.2, 0.25) is 10.0 Å². The van der Waals surface area contributed by atoms with Crippen LogP contribution in [0.25, 0.3) is 0 Å². The third-order valence-corrected chi connectivity index (χ3v) is 1.81. The smallest absolute Gasteiger partial charge is 0.145 e. The Morgan fingerprint density at radius 3 is 2.38 bits per heavy atom. The van der Waals surface area contributed by atoms with E-state index in [1.165, 1.54) is 0 Å². The molecule has 0 aliphatic heterocycles. The number of aldehydes is 1. The predicted molar refractivity (Wildman–Crippen MR) is 52.2 cm³/mol. The molecule has 0 bridgehead atoms. The van der Waals surface area contributed by atoms with Crippen molar-refractivity contribution in [2.24, 2.45) is 0 Å². The molecule has 1 aromatic rings. The first kappa shape index (κ1) is 10.5. The van der Waals surface area contributed by atoms with Gasteiger partial charge in [-0.1, -0.05) is 23.2 Å². The topological polar surface area (TPSA) is 26.3 Å². The molecule has 0 spiro atoms. The number of benzene rings is 1. The minimum atomic E-state index is 0.0874. The summed E-state index contributed by atoms with van der Waals surface area (Å²) in [5.41, 5.74) is 0.861. The maximum atomic E-state index is 9.95. The fourth-order valence-corrected chi connectivity index (χ4v) is 1.49. The van der Waals surface area contributed by atoms with E-state index in [1.54, 1.807) is 18.2 Å². The lowest BCUT2D eigenvalue weighted by Gasteiger charge is -2.02. The highest BCUT2D eigenvalue weighted by atomic mass is 35.5. The Hall–Kier alpha value is -0.570. The molecule has 0 atom stereocenters. The van der Waals surface area contributed by atoms with E-state index in [-0.39, 0.29) is 6.61 Å². The molecular formula is C9H8Cl2O2. The molecule has 13 heavy (non-hydrogen) atoms. The minimum absolute atomic E-state index is 0.0874. The van der Waals surface area contributed by atoms with Gasteiger partial charge in [0.1, 0.15) is 12.9 Å². The minimum Gasteiger partial charge on any atom is -0.369 e. The van der Waals surface area contributed by atoms with Crippen molar-refractivity contribution >= 4 is 29.5 Å². The Labute approximate surface area is 86.4 Å². The lowest BCUT2D eigenvalue weighted by Crippen LogP contribution is -1.95. The SMILES string of the molecule is O=CCOCc1cc(Cl)cc(Cl)c1. The van der Waals surface area contributed by atoms with Crippen molar-refractivity contribution in [1.29, 1.82) is 0 Å². The molecule has 0 aromatic heterocycles. The Kier molecular flexibility index (Phi) is 4.22. The summed E-state index contributed by atoms with van der Waals surface area (Å²) >= 11 is 11.5. The second-order valence-corrected chi connectivity index (χ2v) is 3.33. The number of carbonyl (C=O) groups is 1. The highest BCUT2D eigenvalue weighted by molar-refractivity contribution is 6.34. The van der Waals surface area contributed by atoms with Gasteiger partial charge in [0, 0.05) is 10.0 Å². The molecule has 0 amide bonds. The first-order valence-corrected chi connectivity index (χ1v) is 4.44. The zero-order valence-electron chi connectivity index (χ0n) is 6.80.